The Morgan fingerprint density at radius 2 is 1.63 bits per heavy atom. The molecule has 11 nitrogen and oxygen atoms in total. The molecule has 0 aromatic heterocycles. The van der Waals surface area contributed by atoms with Gasteiger partial charge in [0.2, 0.25) is 17.7 Å². The summed E-state index contributed by atoms with van der Waals surface area (Å²) in [6.07, 6.45) is 0.497. The van der Waals surface area contributed by atoms with E-state index in [1.54, 1.807) is 0 Å². The van der Waals surface area contributed by atoms with Gasteiger partial charge >= 0.3 is 11.9 Å². The van der Waals surface area contributed by atoms with Crippen LogP contribution >= 0.6 is 0 Å². The number of aliphatic carboxylic acids is 2. The fourth-order valence-corrected chi connectivity index (χ4v) is 3.29. The molecule has 0 aliphatic carbocycles. The van der Waals surface area contributed by atoms with E-state index in [0.29, 0.717) is 12.8 Å². The monoisotopic (exact) mass is 428 g/mol. The van der Waals surface area contributed by atoms with Crippen LogP contribution in [0.5, 0.6) is 0 Å². The maximum atomic E-state index is 12.9. The van der Waals surface area contributed by atoms with Gasteiger partial charge in [0.1, 0.15) is 18.1 Å². The average Bonchev–Trinajstić information content (AvgIpc) is 3.13. The van der Waals surface area contributed by atoms with E-state index in [2.05, 4.69) is 10.6 Å². The van der Waals surface area contributed by atoms with Gasteiger partial charge in [0.25, 0.3) is 0 Å². The fourth-order valence-electron chi connectivity index (χ4n) is 3.29. The summed E-state index contributed by atoms with van der Waals surface area (Å²) >= 11 is 0. The molecule has 6 N–H and O–H groups in total. The molecule has 170 valence electrons. The van der Waals surface area contributed by atoms with Gasteiger partial charge in [0.05, 0.1) is 6.04 Å². The number of carboxylic acids is 2. The fraction of sp³-hybridized carbons (Fsp3) is 0.737. The summed E-state index contributed by atoms with van der Waals surface area (Å²) in [7, 11) is 0. The van der Waals surface area contributed by atoms with E-state index >= 15 is 0 Å². The second-order valence-electron chi connectivity index (χ2n) is 8.00. The standard InChI is InChI=1S/C19H32N4O7/c1-10(2)9-13(22-16(26)11(3)20)17(27)21-12(6-7-15(24)25)18(28)23-8-4-5-14(23)19(29)30/h10-14H,4-9,20H2,1-3H3,(H,21,27)(H,22,26)(H,24,25)(H,29,30). The lowest BCUT2D eigenvalue weighted by Crippen LogP contribution is -2.57. The Labute approximate surface area is 175 Å². The molecule has 3 amide bonds. The molecule has 1 aliphatic rings. The van der Waals surface area contributed by atoms with Crippen molar-refractivity contribution in [3.63, 3.8) is 0 Å². The zero-order valence-corrected chi connectivity index (χ0v) is 17.6. The van der Waals surface area contributed by atoms with Gasteiger partial charge in [-0.1, -0.05) is 13.8 Å². The van der Waals surface area contributed by atoms with E-state index in [1.807, 2.05) is 13.8 Å². The number of nitrogens with one attached hydrogen (secondary N) is 2. The van der Waals surface area contributed by atoms with Crippen LogP contribution in [0.4, 0.5) is 0 Å². The normalized spacial score (nSPS) is 19.1. The highest BCUT2D eigenvalue weighted by atomic mass is 16.4. The molecule has 0 saturated carbocycles. The van der Waals surface area contributed by atoms with Gasteiger partial charge in [-0.3, -0.25) is 19.2 Å². The minimum Gasteiger partial charge on any atom is -0.481 e. The third-order valence-corrected chi connectivity index (χ3v) is 4.84. The summed E-state index contributed by atoms with van der Waals surface area (Å²) < 4.78 is 0. The Kier molecular flexibility index (Phi) is 9.70. The molecule has 0 aromatic rings. The number of carboxylic acid groups (broad SMARTS) is 2. The number of nitrogens with zero attached hydrogens (tertiary/aromatic N) is 1. The zero-order chi connectivity index (χ0) is 23.0. The molecule has 1 heterocycles. The molecule has 1 aliphatic heterocycles. The number of carbonyl (C=O) groups is 5. The lowest BCUT2D eigenvalue weighted by molar-refractivity contribution is -0.150. The molecule has 1 fully saturated rings. The van der Waals surface area contributed by atoms with E-state index in [9.17, 15) is 29.1 Å². The van der Waals surface area contributed by atoms with Crippen molar-refractivity contribution >= 4 is 29.7 Å². The summed E-state index contributed by atoms with van der Waals surface area (Å²) in [6.45, 7) is 5.39. The van der Waals surface area contributed by atoms with Crippen LogP contribution < -0.4 is 16.4 Å². The number of carbonyl (C=O) groups excluding carboxylic acids is 3. The van der Waals surface area contributed by atoms with Gasteiger partial charge in [0.15, 0.2) is 0 Å². The van der Waals surface area contributed by atoms with Crippen molar-refractivity contribution in [3.8, 4) is 0 Å². The topological polar surface area (TPSA) is 179 Å². The summed E-state index contributed by atoms with van der Waals surface area (Å²) in [5.74, 6) is -4.08. The predicted octanol–water partition coefficient (Wildman–Crippen LogP) is -0.710. The highest BCUT2D eigenvalue weighted by Gasteiger charge is 2.38. The second kappa shape index (κ2) is 11.5. The summed E-state index contributed by atoms with van der Waals surface area (Å²) in [5.41, 5.74) is 5.55. The van der Waals surface area contributed by atoms with Crippen molar-refractivity contribution in [2.24, 2.45) is 11.7 Å². The first-order chi connectivity index (χ1) is 13.9. The predicted molar refractivity (Wildman–Crippen MR) is 106 cm³/mol. The number of likely N-dealkylation sites (tertiary alicyclic amines) is 1. The average molecular weight is 428 g/mol. The van der Waals surface area contributed by atoms with Gasteiger partial charge in [-0.05, 0) is 38.5 Å². The van der Waals surface area contributed by atoms with Crippen molar-refractivity contribution in [3.05, 3.63) is 0 Å². The van der Waals surface area contributed by atoms with Crippen molar-refractivity contribution in [2.75, 3.05) is 6.54 Å². The number of hydrogen-bond acceptors (Lipinski definition) is 6. The Balaban J connectivity index is 3.01. The van der Waals surface area contributed by atoms with Crippen molar-refractivity contribution in [1.29, 1.82) is 0 Å². The third-order valence-electron chi connectivity index (χ3n) is 4.84. The first kappa shape index (κ1) is 25.3. The minimum atomic E-state index is -1.21. The summed E-state index contributed by atoms with van der Waals surface area (Å²) in [4.78, 5) is 61.3. The SMILES string of the molecule is CC(C)CC(NC(=O)C(C)N)C(=O)NC(CCC(=O)O)C(=O)N1CCCC1C(=O)O. The van der Waals surface area contributed by atoms with Gasteiger partial charge in [-0.2, -0.15) is 0 Å². The first-order valence-electron chi connectivity index (χ1n) is 10.0. The van der Waals surface area contributed by atoms with E-state index in [0.717, 1.165) is 4.90 Å². The van der Waals surface area contributed by atoms with Crippen LogP contribution in [-0.2, 0) is 24.0 Å². The molecule has 30 heavy (non-hydrogen) atoms. The van der Waals surface area contributed by atoms with E-state index < -0.39 is 53.8 Å². The highest BCUT2D eigenvalue weighted by Crippen LogP contribution is 2.20. The van der Waals surface area contributed by atoms with E-state index in [1.165, 1.54) is 6.92 Å². The lowest BCUT2D eigenvalue weighted by atomic mass is 10.0. The molecule has 11 heteroatoms. The Hall–Kier alpha value is -2.69. The molecule has 0 spiro atoms. The molecule has 1 saturated heterocycles. The zero-order valence-electron chi connectivity index (χ0n) is 17.6. The molecule has 0 bridgehead atoms. The van der Waals surface area contributed by atoms with E-state index in [4.69, 9.17) is 10.8 Å². The lowest BCUT2D eigenvalue weighted by Gasteiger charge is -2.29. The largest absolute Gasteiger partial charge is 0.481 e. The van der Waals surface area contributed by atoms with Crippen molar-refractivity contribution < 1.29 is 34.2 Å². The van der Waals surface area contributed by atoms with Crippen molar-refractivity contribution in [2.45, 2.75) is 77.0 Å². The van der Waals surface area contributed by atoms with Gasteiger partial charge < -0.3 is 31.5 Å². The minimum absolute atomic E-state index is 0.0391. The van der Waals surface area contributed by atoms with Crippen LogP contribution in [0.25, 0.3) is 0 Å². The molecule has 0 radical (unpaired) electrons. The molecular weight excluding hydrogens is 396 g/mol. The van der Waals surface area contributed by atoms with Crippen LogP contribution in [0.1, 0.15) is 52.9 Å². The Bertz CT molecular complexity index is 665. The second-order valence-corrected chi connectivity index (χ2v) is 8.00. The molecular formula is C19H32N4O7. The Morgan fingerprint density at radius 3 is 2.13 bits per heavy atom. The summed E-state index contributed by atoms with van der Waals surface area (Å²) in [5, 5.41) is 23.4. The van der Waals surface area contributed by atoms with Gasteiger partial charge in [-0.15, -0.1) is 0 Å². The number of nitrogens with two attached hydrogens (primary N) is 1. The summed E-state index contributed by atoms with van der Waals surface area (Å²) in [6, 6.07) is -4.02. The van der Waals surface area contributed by atoms with Crippen LogP contribution in [0, 0.1) is 5.92 Å². The first-order valence-corrected chi connectivity index (χ1v) is 10.0. The van der Waals surface area contributed by atoms with Crippen LogP contribution in [0.15, 0.2) is 0 Å². The number of rotatable bonds is 11. The smallest absolute Gasteiger partial charge is 0.326 e. The Morgan fingerprint density at radius 1 is 1.03 bits per heavy atom. The van der Waals surface area contributed by atoms with Crippen molar-refractivity contribution in [1.82, 2.24) is 15.5 Å². The van der Waals surface area contributed by atoms with Crippen LogP contribution in [0.3, 0.4) is 0 Å². The third kappa shape index (κ3) is 7.62. The maximum Gasteiger partial charge on any atom is 0.326 e. The molecule has 4 unspecified atom stereocenters. The molecule has 0 aromatic carbocycles. The van der Waals surface area contributed by atoms with Gasteiger partial charge in [-0.25, -0.2) is 4.79 Å². The molecule has 4 atom stereocenters. The van der Waals surface area contributed by atoms with Crippen LogP contribution in [0.2, 0.25) is 0 Å². The van der Waals surface area contributed by atoms with Crippen LogP contribution in [-0.4, -0.2) is 75.5 Å². The van der Waals surface area contributed by atoms with E-state index in [-0.39, 0.29) is 31.7 Å². The molecule has 1 rings (SSSR count). The highest BCUT2D eigenvalue weighted by molar-refractivity contribution is 5.94. The number of hydrogen-bond donors (Lipinski definition) is 5. The number of amides is 3. The quantitative estimate of drug-likeness (QED) is 0.286. The van der Waals surface area contributed by atoms with Gasteiger partial charge in [0, 0.05) is 13.0 Å². The maximum absolute atomic E-state index is 12.9.